The van der Waals surface area contributed by atoms with Crippen molar-refractivity contribution >= 4 is 23.1 Å². The number of benzene rings is 2. The molecular formula is C16H17NS. The molecule has 2 aromatic rings. The minimum absolute atomic E-state index is 1.12. The van der Waals surface area contributed by atoms with Gasteiger partial charge in [-0.15, -0.1) is 11.8 Å². The molecule has 0 unspecified atom stereocenters. The van der Waals surface area contributed by atoms with E-state index in [9.17, 15) is 0 Å². The topological polar surface area (TPSA) is 12.0 Å². The minimum atomic E-state index is 1.12. The van der Waals surface area contributed by atoms with Crippen LogP contribution in [0.15, 0.2) is 65.6 Å². The fraction of sp³-hybridized carbons (Fsp3) is 0.125. The van der Waals surface area contributed by atoms with Gasteiger partial charge in [0.15, 0.2) is 0 Å². The van der Waals surface area contributed by atoms with Gasteiger partial charge in [-0.1, -0.05) is 36.4 Å². The zero-order valence-corrected chi connectivity index (χ0v) is 11.5. The van der Waals surface area contributed by atoms with Gasteiger partial charge < -0.3 is 5.32 Å². The predicted octanol–water partition coefficient (Wildman–Crippen LogP) is 4.88. The maximum Gasteiger partial charge on any atom is 0.0414 e. The average Bonchev–Trinajstić information content (AvgIpc) is 2.46. The molecule has 0 spiro atoms. The molecule has 2 heteroatoms. The van der Waals surface area contributed by atoms with E-state index in [1.807, 2.05) is 13.0 Å². The number of hydrogen-bond acceptors (Lipinski definition) is 2. The van der Waals surface area contributed by atoms with Crippen molar-refractivity contribution < 1.29 is 0 Å². The first-order valence-corrected chi connectivity index (χ1v) is 7.19. The molecule has 2 aromatic carbocycles. The van der Waals surface area contributed by atoms with Gasteiger partial charge in [0.05, 0.1) is 0 Å². The molecule has 92 valence electrons. The molecule has 0 radical (unpaired) electrons. The Morgan fingerprint density at radius 2 is 1.67 bits per heavy atom. The Labute approximate surface area is 113 Å². The highest BCUT2D eigenvalue weighted by atomic mass is 32.2. The zero-order valence-electron chi connectivity index (χ0n) is 10.7. The summed E-state index contributed by atoms with van der Waals surface area (Å²) in [6.07, 6.45) is 4.18. The van der Waals surface area contributed by atoms with E-state index in [2.05, 4.69) is 66.2 Å². The van der Waals surface area contributed by atoms with Crippen molar-refractivity contribution in [3.8, 4) is 0 Å². The van der Waals surface area contributed by atoms with Gasteiger partial charge in [-0.25, -0.2) is 0 Å². The maximum absolute atomic E-state index is 3.45. The van der Waals surface area contributed by atoms with E-state index >= 15 is 0 Å². The lowest BCUT2D eigenvalue weighted by molar-refractivity contribution is 1.44. The molecular weight excluding hydrogens is 238 g/mol. The number of rotatable bonds is 4. The number of thioether (sulfide) groups is 1. The van der Waals surface area contributed by atoms with E-state index in [1.54, 1.807) is 11.8 Å². The molecule has 0 aliphatic heterocycles. The Hall–Kier alpha value is -1.67. The molecule has 1 nitrogen and oxygen atoms in total. The van der Waals surface area contributed by atoms with Crippen LogP contribution in [0, 0.1) is 0 Å². The van der Waals surface area contributed by atoms with Crippen molar-refractivity contribution in [3.05, 3.63) is 66.2 Å². The third-order valence-electron chi connectivity index (χ3n) is 2.74. The summed E-state index contributed by atoms with van der Waals surface area (Å²) in [5.41, 5.74) is 3.45. The first kappa shape index (κ1) is 12.8. The molecule has 0 amide bonds. The van der Waals surface area contributed by atoms with Crippen LogP contribution >= 0.6 is 11.8 Å². The fourth-order valence-corrected chi connectivity index (χ4v) is 2.17. The number of hydrogen-bond donors (Lipinski definition) is 1. The molecule has 0 saturated heterocycles. The fourth-order valence-electron chi connectivity index (χ4n) is 1.76. The molecule has 0 saturated carbocycles. The quantitative estimate of drug-likeness (QED) is 0.781. The molecule has 0 aliphatic carbocycles. The lowest BCUT2D eigenvalue weighted by atomic mass is 10.1. The van der Waals surface area contributed by atoms with E-state index in [0.29, 0.717) is 0 Å². The highest BCUT2D eigenvalue weighted by Gasteiger charge is 2.00. The van der Waals surface area contributed by atoms with E-state index in [0.717, 1.165) is 11.4 Å². The lowest BCUT2D eigenvalue weighted by Crippen LogP contribution is -1.98. The van der Waals surface area contributed by atoms with Crippen molar-refractivity contribution in [1.29, 1.82) is 0 Å². The van der Waals surface area contributed by atoms with E-state index in [4.69, 9.17) is 0 Å². The largest absolute Gasteiger partial charge is 0.355 e. The summed E-state index contributed by atoms with van der Waals surface area (Å²) in [6.45, 7) is 2.05. The van der Waals surface area contributed by atoms with Gasteiger partial charge >= 0.3 is 0 Å². The van der Waals surface area contributed by atoms with Gasteiger partial charge in [-0.3, -0.25) is 0 Å². The van der Waals surface area contributed by atoms with Crippen LogP contribution in [-0.2, 0) is 0 Å². The maximum atomic E-state index is 3.45. The van der Waals surface area contributed by atoms with Crippen molar-refractivity contribution in [2.24, 2.45) is 0 Å². The van der Waals surface area contributed by atoms with Crippen LogP contribution in [0.25, 0.3) is 5.70 Å². The number of nitrogens with one attached hydrogen (secondary N) is 1. The van der Waals surface area contributed by atoms with Crippen molar-refractivity contribution in [1.82, 2.24) is 0 Å². The molecule has 2 rings (SSSR count). The third-order valence-corrected chi connectivity index (χ3v) is 3.49. The van der Waals surface area contributed by atoms with Gasteiger partial charge in [0.1, 0.15) is 0 Å². The van der Waals surface area contributed by atoms with Gasteiger partial charge in [-0.05, 0) is 43.0 Å². The van der Waals surface area contributed by atoms with Crippen LogP contribution in [0.4, 0.5) is 5.69 Å². The molecule has 18 heavy (non-hydrogen) atoms. The summed E-state index contributed by atoms with van der Waals surface area (Å²) in [7, 11) is 0. The van der Waals surface area contributed by atoms with Crippen molar-refractivity contribution in [2.45, 2.75) is 11.8 Å². The van der Waals surface area contributed by atoms with Crippen LogP contribution in [0.2, 0.25) is 0 Å². The van der Waals surface area contributed by atoms with E-state index in [-0.39, 0.29) is 0 Å². The van der Waals surface area contributed by atoms with Crippen LogP contribution in [0.3, 0.4) is 0 Å². The van der Waals surface area contributed by atoms with Crippen molar-refractivity contribution in [2.75, 3.05) is 11.6 Å². The Morgan fingerprint density at radius 3 is 2.22 bits per heavy atom. The first-order valence-electron chi connectivity index (χ1n) is 5.96. The molecule has 0 fully saturated rings. The summed E-state index contributed by atoms with van der Waals surface area (Å²) in [6, 6.07) is 18.8. The second-order valence-corrected chi connectivity index (χ2v) is 4.80. The average molecular weight is 255 g/mol. The summed E-state index contributed by atoms with van der Waals surface area (Å²) in [4.78, 5) is 1.28. The summed E-state index contributed by atoms with van der Waals surface area (Å²) < 4.78 is 0. The number of allylic oxidation sites excluding steroid dienone is 1. The SMILES string of the molecule is CC=C(Nc1ccc(SC)cc1)c1ccccc1. The molecule has 0 heterocycles. The van der Waals surface area contributed by atoms with E-state index in [1.165, 1.54) is 10.5 Å². The minimum Gasteiger partial charge on any atom is -0.355 e. The Bertz CT molecular complexity index is 515. The van der Waals surface area contributed by atoms with Crippen LogP contribution in [-0.4, -0.2) is 6.26 Å². The molecule has 1 N–H and O–H groups in total. The number of anilines is 1. The monoisotopic (exact) mass is 255 g/mol. The van der Waals surface area contributed by atoms with Gasteiger partial charge in [-0.2, -0.15) is 0 Å². The van der Waals surface area contributed by atoms with Gasteiger partial charge in [0, 0.05) is 16.3 Å². The second kappa shape index (κ2) is 6.31. The molecule has 0 bridgehead atoms. The first-order chi connectivity index (χ1) is 8.83. The van der Waals surface area contributed by atoms with Crippen LogP contribution < -0.4 is 5.32 Å². The second-order valence-electron chi connectivity index (χ2n) is 3.92. The molecule has 0 atom stereocenters. The van der Waals surface area contributed by atoms with Gasteiger partial charge in [0.2, 0.25) is 0 Å². The highest BCUT2D eigenvalue weighted by molar-refractivity contribution is 7.98. The summed E-state index contributed by atoms with van der Waals surface area (Å²) >= 11 is 1.76. The smallest absolute Gasteiger partial charge is 0.0414 e. The Balaban J connectivity index is 2.16. The zero-order chi connectivity index (χ0) is 12.8. The standard InChI is InChI=1S/C16H17NS/c1-3-16(13-7-5-4-6-8-13)17-14-9-11-15(18-2)12-10-14/h3-12,17H,1-2H3. The lowest BCUT2D eigenvalue weighted by Gasteiger charge is -2.11. The third kappa shape index (κ3) is 3.17. The van der Waals surface area contributed by atoms with Crippen molar-refractivity contribution in [3.63, 3.8) is 0 Å². The molecule has 0 aliphatic rings. The van der Waals surface area contributed by atoms with Gasteiger partial charge in [0.25, 0.3) is 0 Å². The summed E-state index contributed by atoms with van der Waals surface area (Å²) in [5, 5.41) is 3.45. The Kier molecular flexibility index (Phi) is 4.48. The predicted molar refractivity (Wildman–Crippen MR) is 81.9 cm³/mol. The normalized spacial score (nSPS) is 11.3. The van der Waals surface area contributed by atoms with Crippen LogP contribution in [0.1, 0.15) is 12.5 Å². The molecule has 0 aromatic heterocycles. The highest BCUT2D eigenvalue weighted by Crippen LogP contribution is 2.21. The van der Waals surface area contributed by atoms with Crippen LogP contribution in [0.5, 0.6) is 0 Å². The van der Waals surface area contributed by atoms with E-state index < -0.39 is 0 Å². The summed E-state index contributed by atoms with van der Waals surface area (Å²) in [5.74, 6) is 0. The Morgan fingerprint density at radius 1 is 1.00 bits per heavy atom.